The Morgan fingerprint density at radius 1 is 1.25 bits per heavy atom. The fourth-order valence-corrected chi connectivity index (χ4v) is 2.13. The molecule has 2 aromatic rings. The summed E-state index contributed by atoms with van der Waals surface area (Å²) in [5, 5.41) is 14.3. The Hall–Kier alpha value is -1.91. The predicted octanol–water partition coefficient (Wildman–Crippen LogP) is 4.10. The third-order valence-electron chi connectivity index (χ3n) is 3.12. The molecule has 0 saturated heterocycles. The lowest BCUT2D eigenvalue weighted by Gasteiger charge is -2.14. The van der Waals surface area contributed by atoms with Crippen molar-refractivity contribution in [3.63, 3.8) is 0 Å². The number of nitro benzene ring substituents is 1. The van der Waals surface area contributed by atoms with Crippen LogP contribution in [0.15, 0.2) is 48.5 Å². The maximum Gasteiger partial charge on any atom is 0.288 e. The van der Waals surface area contributed by atoms with Crippen molar-refractivity contribution < 1.29 is 4.92 Å². The molecule has 0 aliphatic heterocycles. The van der Waals surface area contributed by atoms with Crippen molar-refractivity contribution in [3.8, 4) is 0 Å². The van der Waals surface area contributed by atoms with Crippen molar-refractivity contribution in [3.05, 3.63) is 74.8 Å². The van der Waals surface area contributed by atoms with E-state index in [1.807, 2.05) is 30.3 Å². The Balaban J connectivity index is 2.04. The lowest BCUT2D eigenvalue weighted by molar-refractivity contribution is -0.384. The molecule has 0 bridgehead atoms. The van der Waals surface area contributed by atoms with Crippen LogP contribution in [0, 0.1) is 10.1 Å². The molecule has 0 aliphatic rings. The Morgan fingerprint density at radius 2 is 1.95 bits per heavy atom. The maximum absolute atomic E-state index is 10.8. The average molecular weight is 291 g/mol. The average Bonchev–Trinajstić information content (AvgIpc) is 2.46. The first kappa shape index (κ1) is 14.5. The first-order valence-corrected chi connectivity index (χ1v) is 6.67. The first-order chi connectivity index (χ1) is 9.58. The van der Waals surface area contributed by atoms with E-state index in [-0.39, 0.29) is 16.8 Å². The molecule has 0 aliphatic carbocycles. The minimum absolute atomic E-state index is 0.0571. The Kier molecular flexibility index (Phi) is 4.71. The van der Waals surface area contributed by atoms with Crippen LogP contribution in [0.4, 0.5) is 5.69 Å². The van der Waals surface area contributed by atoms with Crippen molar-refractivity contribution >= 4 is 17.3 Å². The molecule has 1 N–H and O–H groups in total. The van der Waals surface area contributed by atoms with Crippen LogP contribution in [-0.2, 0) is 6.54 Å². The van der Waals surface area contributed by atoms with E-state index in [1.165, 1.54) is 11.6 Å². The van der Waals surface area contributed by atoms with E-state index >= 15 is 0 Å². The SMILES string of the molecule is C[C@H](NCc1ccc(Cl)c([N+](=O)[O-])c1)c1ccccc1. The Labute approximate surface area is 122 Å². The number of rotatable bonds is 5. The number of benzene rings is 2. The summed E-state index contributed by atoms with van der Waals surface area (Å²) in [7, 11) is 0. The van der Waals surface area contributed by atoms with Gasteiger partial charge in [-0.2, -0.15) is 0 Å². The van der Waals surface area contributed by atoms with Gasteiger partial charge in [0.15, 0.2) is 0 Å². The van der Waals surface area contributed by atoms with E-state index in [4.69, 9.17) is 11.6 Å². The van der Waals surface area contributed by atoms with Crippen molar-refractivity contribution in [2.24, 2.45) is 0 Å². The second kappa shape index (κ2) is 6.50. The lowest BCUT2D eigenvalue weighted by atomic mass is 10.1. The molecule has 2 aromatic carbocycles. The highest BCUT2D eigenvalue weighted by Crippen LogP contribution is 2.25. The van der Waals surface area contributed by atoms with Crippen molar-refractivity contribution in [1.82, 2.24) is 5.32 Å². The maximum atomic E-state index is 10.8. The third-order valence-corrected chi connectivity index (χ3v) is 3.44. The highest BCUT2D eigenvalue weighted by atomic mass is 35.5. The zero-order chi connectivity index (χ0) is 14.5. The summed E-state index contributed by atoms with van der Waals surface area (Å²) in [4.78, 5) is 10.4. The number of halogens is 1. The van der Waals surface area contributed by atoms with Gasteiger partial charge >= 0.3 is 0 Å². The van der Waals surface area contributed by atoms with E-state index in [1.54, 1.807) is 12.1 Å². The summed E-state index contributed by atoms with van der Waals surface area (Å²) in [6.45, 7) is 2.60. The molecule has 4 nitrogen and oxygen atoms in total. The summed E-state index contributed by atoms with van der Waals surface area (Å²) in [6.07, 6.45) is 0. The standard InChI is InChI=1S/C15H15ClN2O2/c1-11(13-5-3-2-4-6-13)17-10-12-7-8-14(16)15(9-12)18(19)20/h2-9,11,17H,10H2,1H3/t11-/m0/s1. The van der Waals surface area contributed by atoms with Crippen LogP contribution in [0.1, 0.15) is 24.1 Å². The summed E-state index contributed by atoms with van der Waals surface area (Å²) < 4.78 is 0. The monoisotopic (exact) mass is 290 g/mol. The van der Waals surface area contributed by atoms with Crippen LogP contribution in [0.5, 0.6) is 0 Å². The van der Waals surface area contributed by atoms with Crippen LogP contribution in [0.25, 0.3) is 0 Å². The van der Waals surface area contributed by atoms with Crippen molar-refractivity contribution in [2.45, 2.75) is 19.5 Å². The number of nitro groups is 1. The van der Waals surface area contributed by atoms with Crippen LogP contribution in [-0.4, -0.2) is 4.92 Å². The molecular formula is C15H15ClN2O2. The van der Waals surface area contributed by atoms with E-state index < -0.39 is 4.92 Å². The molecule has 5 heteroatoms. The number of nitrogens with one attached hydrogen (secondary N) is 1. The number of hydrogen-bond donors (Lipinski definition) is 1. The summed E-state index contributed by atoms with van der Waals surface area (Å²) >= 11 is 5.79. The number of hydrogen-bond acceptors (Lipinski definition) is 3. The second-order valence-corrected chi connectivity index (χ2v) is 4.96. The van der Waals surface area contributed by atoms with Crippen LogP contribution < -0.4 is 5.32 Å². The molecule has 0 heterocycles. The summed E-state index contributed by atoms with van der Waals surface area (Å²) in [6, 6.07) is 15.1. The fraction of sp³-hybridized carbons (Fsp3) is 0.200. The van der Waals surface area contributed by atoms with Crippen LogP contribution in [0.3, 0.4) is 0 Å². The van der Waals surface area contributed by atoms with Gasteiger partial charge in [-0.3, -0.25) is 10.1 Å². The van der Waals surface area contributed by atoms with E-state index in [0.717, 1.165) is 5.56 Å². The zero-order valence-electron chi connectivity index (χ0n) is 11.0. The molecule has 0 unspecified atom stereocenters. The topological polar surface area (TPSA) is 55.2 Å². The minimum atomic E-state index is -0.466. The van der Waals surface area contributed by atoms with Gasteiger partial charge < -0.3 is 5.32 Å². The number of nitrogens with zero attached hydrogens (tertiary/aromatic N) is 1. The van der Waals surface area contributed by atoms with Gasteiger partial charge in [0, 0.05) is 18.7 Å². The normalized spacial score (nSPS) is 12.1. The van der Waals surface area contributed by atoms with Crippen LogP contribution >= 0.6 is 11.6 Å². The van der Waals surface area contributed by atoms with Gasteiger partial charge in [0.25, 0.3) is 5.69 Å². The summed E-state index contributed by atoms with van der Waals surface area (Å²) in [5.74, 6) is 0. The quantitative estimate of drug-likeness (QED) is 0.666. The van der Waals surface area contributed by atoms with Gasteiger partial charge in [0.1, 0.15) is 5.02 Å². The highest BCUT2D eigenvalue weighted by molar-refractivity contribution is 6.32. The van der Waals surface area contributed by atoms with Crippen LogP contribution in [0.2, 0.25) is 5.02 Å². The molecule has 0 saturated carbocycles. The Morgan fingerprint density at radius 3 is 2.60 bits per heavy atom. The van der Waals surface area contributed by atoms with Gasteiger partial charge in [0.05, 0.1) is 4.92 Å². The van der Waals surface area contributed by atoms with E-state index in [2.05, 4.69) is 12.2 Å². The Bertz CT molecular complexity index is 602. The third kappa shape index (κ3) is 3.56. The van der Waals surface area contributed by atoms with Crippen molar-refractivity contribution in [1.29, 1.82) is 0 Å². The van der Waals surface area contributed by atoms with Gasteiger partial charge in [-0.15, -0.1) is 0 Å². The molecule has 20 heavy (non-hydrogen) atoms. The highest BCUT2D eigenvalue weighted by Gasteiger charge is 2.13. The second-order valence-electron chi connectivity index (χ2n) is 4.56. The zero-order valence-corrected chi connectivity index (χ0v) is 11.8. The molecular weight excluding hydrogens is 276 g/mol. The van der Waals surface area contributed by atoms with E-state index in [9.17, 15) is 10.1 Å². The summed E-state index contributed by atoms with van der Waals surface area (Å²) in [5.41, 5.74) is 1.96. The molecule has 0 radical (unpaired) electrons. The molecule has 0 amide bonds. The van der Waals surface area contributed by atoms with E-state index in [0.29, 0.717) is 6.54 Å². The largest absolute Gasteiger partial charge is 0.306 e. The lowest BCUT2D eigenvalue weighted by Crippen LogP contribution is -2.18. The van der Waals surface area contributed by atoms with Gasteiger partial charge in [-0.1, -0.05) is 48.0 Å². The molecule has 104 valence electrons. The predicted molar refractivity (Wildman–Crippen MR) is 79.8 cm³/mol. The van der Waals surface area contributed by atoms with Gasteiger partial charge in [0.2, 0.25) is 0 Å². The fourth-order valence-electron chi connectivity index (χ4n) is 1.94. The van der Waals surface area contributed by atoms with Gasteiger partial charge in [-0.05, 0) is 24.1 Å². The molecule has 2 rings (SSSR count). The molecule has 0 spiro atoms. The molecule has 0 fully saturated rings. The smallest absolute Gasteiger partial charge is 0.288 e. The first-order valence-electron chi connectivity index (χ1n) is 6.29. The molecule has 1 atom stereocenters. The van der Waals surface area contributed by atoms with Gasteiger partial charge in [-0.25, -0.2) is 0 Å². The van der Waals surface area contributed by atoms with Crippen molar-refractivity contribution in [2.75, 3.05) is 0 Å². The molecule has 0 aromatic heterocycles. The minimum Gasteiger partial charge on any atom is -0.306 e.